The Morgan fingerprint density at radius 3 is 2.93 bits per heavy atom. The summed E-state index contributed by atoms with van der Waals surface area (Å²) in [5.41, 5.74) is 3.12. The van der Waals surface area contributed by atoms with Crippen LogP contribution in [0.5, 0.6) is 0 Å². The fourth-order valence-electron chi connectivity index (χ4n) is 5.14. The highest BCUT2D eigenvalue weighted by Gasteiger charge is 2.35. The molecule has 3 atom stereocenters. The maximum absolute atomic E-state index is 13.2. The predicted molar refractivity (Wildman–Crippen MR) is 117 cm³/mol. The molecule has 1 amide bonds. The van der Waals surface area contributed by atoms with Crippen molar-refractivity contribution in [2.75, 3.05) is 20.2 Å². The van der Waals surface area contributed by atoms with Gasteiger partial charge in [0.2, 0.25) is 5.91 Å². The van der Waals surface area contributed by atoms with Crippen molar-refractivity contribution < 1.29 is 9.53 Å². The van der Waals surface area contributed by atoms with Crippen molar-refractivity contribution in [3.05, 3.63) is 35.5 Å². The highest BCUT2D eigenvalue weighted by molar-refractivity contribution is 5.83. The first-order valence-electron chi connectivity index (χ1n) is 11.2. The molecule has 0 unspecified atom stereocenters. The van der Waals surface area contributed by atoms with Crippen LogP contribution in [0.25, 0.3) is 10.9 Å². The van der Waals surface area contributed by atoms with Gasteiger partial charge in [-0.3, -0.25) is 4.79 Å². The van der Waals surface area contributed by atoms with Gasteiger partial charge in [-0.1, -0.05) is 6.07 Å². The first kappa shape index (κ1) is 20.9. The molecule has 160 valence electrons. The largest absolute Gasteiger partial charge is 0.380 e. The van der Waals surface area contributed by atoms with Crippen LogP contribution in [-0.4, -0.2) is 53.8 Å². The average molecular weight is 409 g/mol. The second-order valence-corrected chi connectivity index (χ2v) is 8.54. The summed E-state index contributed by atoms with van der Waals surface area (Å²) < 4.78 is 7.74. The third-order valence-corrected chi connectivity index (χ3v) is 6.80. The number of hydrogen-bond acceptors (Lipinski definition) is 4. The summed E-state index contributed by atoms with van der Waals surface area (Å²) in [5.74, 6) is 0.244. The van der Waals surface area contributed by atoms with Crippen LogP contribution in [0.15, 0.2) is 24.3 Å². The third kappa shape index (κ3) is 4.10. The Hall–Kier alpha value is -2.36. The van der Waals surface area contributed by atoms with E-state index < -0.39 is 0 Å². The molecule has 4 rings (SSSR count). The van der Waals surface area contributed by atoms with Gasteiger partial charge in [0.1, 0.15) is 0 Å². The molecule has 2 aliphatic heterocycles. The summed E-state index contributed by atoms with van der Waals surface area (Å²) in [5, 5.41) is 13.8. The lowest BCUT2D eigenvalue weighted by atomic mass is 9.96. The second kappa shape index (κ2) is 9.20. The smallest absolute Gasteiger partial charge is 0.240 e. The standard InChI is InChI=1S/C24H32N4O2/c1-3-27-20(13-18-8-7-17(15-25)12-23(18)27)10-9-19-6-4-5-11-28(19)24(29)22-14-21(30-2)16-26-22/h7-8,12-13,19,21-22,26H,3-6,9-11,14,16H2,1-2H3/t19-,21+,22+/m0/s1. The number of nitrogens with one attached hydrogen (secondary N) is 1. The van der Waals surface area contributed by atoms with E-state index in [1.807, 2.05) is 18.2 Å². The maximum Gasteiger partial charge on any atom is 0.240 e. The number of benzene rings is 1. The number of likely N-dealkylation sites (tertiary alicyclic amines) is 1. The van der Waals surface area contributed by atoms with Crippen LogP contribution < -0.4 is 5.32 Å². The van der Waals surface area contributed by atoms with E-state index in [1.54, 1.807) is 7.11 Å². The highest BCUT2D eigenvalue weighted by atomic mass is 16.5. The molecule has 0 saturated carbocycles. The van der Waals surface area contributed by atoms with Crippen molar-refractivity contribution in [1.82, 2.24) is 14.8 Å². The highest BCUT2D eigenvalue weighted by Crippen LogP contribution is 2.27. The number of carbonyl (C=O) groups excluding carboxylic acids is 1. The van der Waals surface area contributed by atoms with Gasteiger partial charge in [-0.05, 0) is 69.0 Å². The summed E-state index contributed by atoms with van der Waals surface area (Å²) in [6.45, 7) is 4.65. The SMILES string of the molecule is CCn1c(CC[C@@H]2CCCCN2C(=O)[C@H]2C[C@@H](OC)CN2)cc2ccc(C#N)cc21. The lowest BCUT2D eigenvalue weighted by Crippen LogP contribution is -2.50. The van der Waals surface area contributed by atoms with E-state index in [4.69, 9.17) is 4.74 Å². The van der Waals surface area contributed by atoms with Gasteiger partial charge >= 0.3 is 0 Å². The predicted octanol–water partition coefficient (Wildman–Crippen LogP) is 3.22. The van der Waals surface area contributed by atoms with Crippen molar-refractivity contribution in [3.63, 3.8) is 0 Å². The molecule has 2 fully saturated rings. The lowest BCUT2D eigenvalue weighted by molar-refractivity contribution is -0.137. The number of amides is 1. The molecule has 0 radical (unpaired) electrons. The van der Waals surface area contributed by atoms with Crippen LogP contribution in [0.1, 0.15) is 50.3 Å². The van der Waals surface area contributed by atoms with Gasteiger partial charge < -0.3 is 19.5 Å². The van der Waals surface area contributed by atoms with Crippen molar-refractivity contribution in [1.29, 1.82) is 5.26 Å². The quantitative estimate of drug-likeness (QED) is 0.797. The van der Waals surface area contributed by atoms with Gasteiger partial charge in [-0.15, -0.1) is 0 Å². The minimum atomic E-state index is -0.109. The Kier molecular flexibility index (Phi) is 6.40. The number of rotatable bonds is 6. The topological polar surface area (TPSA) is 70.3 Å². The van der Waals surface area contributed by atoms with Crippen LogP contribution in [0, 0.1) is 11.3 Å². The van der Waals surface area contributed by atoms with Crippen molar-refractivity contribution in [3.8, 4) is 6.07 Å². The number of carbonyl (C=O) groups is 1. The van der Waals surface area contributed by atoms with Crippen LogP contribution in [0.2, 0.25) is 0 Å². The van der Waals surface area contributed by atoms with Crippen LogP contribution in [0.3, 0.4) is 0 Å². The number of hydrogen-bond donors (Lipinski definition) is 1. The van der Waals surface area contributed by atoms with Crippen LogP contribution in [-0.2, 0) is 22.5 Å². The maximum atomic E-state index is 13.2. The van der Waals surface area contributed by atoms with E-state index in [1.165, 1.54) is 17.5 Å². The Morgan fingerprint density at radius 2 is 2.20 bits per heavy atom. The molecule has 30 heavy (non-hydrogen) atoms. The molecule has 0 bridgehead atoms. The molecule has 1 aromatic heterocycles. The number of fused-ring (bicyclic) bond motifs is 1. The first-order valence-corrected chi connectivity index (χ1v) is 11.2. The molecule has 1 aromatic carbocycles. The van der Waals surface area contributed by atoms with Gasteiger partial charge in [0.25, 0.3) is 0 Å². The van der Waals surface area contributed by atoms with E-state index in [0.29, 0.717) is 11.6 Å². The molecular formula is C24H32N4O2. The third-order valence-electron chi connectivity index (χ3n) is 6.80. The average Bonchev–Trinajstić information content (AvgIpc) is 3.41. The number of nitrogens with zero attached hydrogens (tertiary/aromatic N) is 3. The molecule has 2 aromatic rings. The lowest BCUT2D eigenvalue weighted by Gasteiger charge is -2.37. The fraction of sp³-hybridized carbons (Fsp3) is 0.583. The van der Waals surface area contributed by atoms with Gasteiger partial charge in [0, 0.05) is 44.0 Å². The molecule has 3 heterocycles. The van der Waals surface area contributed by atoms with Gasteiger partial charge in [-0.25, -0.2) is 0 Å². The zero-order valence-corrected chi connectivity index (χ0v) is 18.1. The minimum Gasteiger partial charge on any atom is -0.380 e. The van der Waals surface area contributed by atoms with Crippen molar-refractivity contribution in [2.24, 2.45) is 0 Å². The number of nitriles is 1. The van der Waals surface area contributed by atoms with Gasteiger partial charge in [0.15, 0.2) is 0 Å². The van der Waals surface area contributed by atoms with Crippen molar-refractivity contribution >= 4 is 16.8 Å². The Balaban J connectivity index is 1.48. The zero-order valence-electron chi connectivity index (χ0n) is 18.1. The number of methoxy groups -OCH3 is 1. The Labute approximate surface area is 178 Å². The van der Waals surface area contributed by atoms with E-state index in [0.717, 1.165) is 57.3 Å². The van der Waals surface area contributed by atoms with E-state index in [9.17, 15) is 10.1 Å². The normalized spacial score (nSPS) is 24.3. The summed E-state index contributed by atoms with van der Waals surface area (Å²) in [6.07, 6.45) is 6.19. The number of ether oxygens (including phenoxy) is 1. The zero-order chi connectivity index (χ0) is 21.1. The van der Waals surface area contributed by atoms with Crippen molar-refractivity contribution in [2.45, 2.75) is 70.2 Å². The monoisotopic (exact) mass is 408 g/mol. The molecule has 0 aliphatic carbocycles. The summed E-state index contributed by atoms with van der Waals surface area (Å²) in [7, 11) is 1.72. The van der Waals surface area contributed by atoms with Gasteiger partial charge in [0.05, 0.1) is 23.8 Å². The summed E-state index contributed by atoms with van der Waals surface area (Å²) in [4.78, 5) is 15.3. The van der Waals surface area contributed by atoms with E-state index in [2.05, 4.69) is 33.8 Å². The summed E-state index contributed by atoms with van der Waals surface area (Å²) in [6, 6.07) is 10.6. The van der Waals surface area contributed by atoms with Gasteiger partial charge in [-0.2, -0.15) is 5.26 Å². The molecule has 0 spiro atoms. The van der Waals surface area contributed by atoms with E-state index in [-0.39, 0.29) is 18.1 Å². The van der Waals surface area contributed by atoms with Crippen LogP contribution in [0.4, 0.5) is 0 Å². The molecule has 2 saturated heterocycles. The first-order chi connectivity index (χ1) is 14.6. The van der Waals surface area contributed by atoms with E-state index >= 15 is 0 Å². The molecule has 6 heteroatoms. The van der Waals surface area contributed by atoms with Crippen LogP contribution >= 0.6 is 0 Å². The molecule has 2 aliphatic rings. The minimum absolute atomic E-state index is 0.109. The number of aryl methyl sites for hydroxylation is 2. The Bertz CT molecular complexity index is 945. The second-order valence-electron chi connectivity index (χ2n) is 8.54. The summed E-state index contributed by atoms with van der Waals surface area (Å²) >= 11 is 0. The molecular weight excluding hydrogens is 376 g/mol. The number of piperidine rings is 1. The fourth-order valence-corrected chi connectivity index (χ4v) is 5.14. The molecule has 6 nitrogen and oxygen atoms in total. The Morgan fingerprint density at radius 1 is 1.33 bits per heavy atom. The molecule has 1 N–H and O–H groups in total. The number of aromatic nitrogens is 1.